The molecular weight excluding hydrogens is 325 g/mol. The summed E-state index contributed by atoms with van der Waals surface area (Å²) in [5.74, 6) is 0.949. The van der Waals surface area contributed by atoms with Crippen LogP contribution in [0.4, 0.5) is 4.39 Å². The van der Waals surface area contributed by atoms with Crippen molar-refractivity contribution in [1.29, 1.82) is 0 Å². The number of hydrogen-bond donors (Lipinski definition) is 1. The maximum Gasteiger partial charge on any atom is 0.289 e. The van der Waals surface area contributed by atoms with E-state index in [4.69, 9.17) is 9.15 Å². The van der Waals surface area contributed by atoms with E-state index in [9.17, 15) is 14.3 Å². The van der Waals surface area contributed by atoms with E-state index < -0.39 is 0 Å². The fourth-order valence-corrected chi connectivity index (χ4v) is 3.01. The van der Waals surface area contributed by atoms with Gasteiger partial charge in [-0.15, -0.1) is 0 Å². The fraction of sp³-hybridized carbons (Fsp3) is 0.421. The van der Waals surface area contributed by atoms with Crippen LogP contribution in [-0.4, -0.2) is 35.1 Å². The third kappa shape index (κ3) is 4.20. The van der Waals surface area contributed by atoms with Gasteiger partial charge in [0, 0.05) is 19.2 Å². The number of aliphatic hydroxyl groups is 1. The highest BCUT2D eigenvalue weighted by molar-refractivity contribution is 5.91. The molecule has 25 heavy (non-hydrogen) atoms. The SMILES string of the molecule is CC1CCC(CO)CN1C(=O)c1ccc(COc2ccc(F)cc2)o1. The number of aliphatic hydroxyl groups excluding tert-OH is 1. The number of likely N-dealkylation sites (tertiary alicyclic amines) is 1. The lowest BCUT2D eigenvalue weighted by Crippen LogP contribution is -2.46. The van der Waals surface area contributed by atoms with Crippen molar-refractivity contribution in [2.45, 2.75) is 32.4 Å². The average molecular weight is 347 g/mol. The normalized spacial score (nSPS) is 20.5. The van der Waals surface area contributed by atoms with Crippen molar-refractivity contribution in [2.24, 2.45) is 5.92 Å². The molecule has 6 heteroatoms. The van der Waals surface area contributed by atoms with E-state index in [1.807, 2.05) is 6.92 Å². The minimum absolute atomic E-state index is 0.0887. The van der Waals surface area contributed by atoms with Gasteiger partial charge in [0.15, 0.2) is 5.76 Å². The van der Waals surface area contributed by atoms with E-state index >= 15 is 0 Å². The summed E-state index contributed by atoms with van der Waals surface area (Å²) in [6.45, 7) is 2.80. The first-order chi connectivity index (χ1) is 12.1. The lowest BCUT2D eigenvalue weighted by molar-refractivity contribution is 0.0456. The van der Waals surface area contributed by atoms with Gasteiger partial charge in [-0.3, -0.25) is 4.79 Å². The smallest absolute Gasteiger partial charge is 0.289 e. The van der Waals surface area contributed by atoms with Crippen LogP contribution in [0.15, 0.2) is 40.8 Å². The Hall–Kier alpha value is -2.34. The number of halogens is 1. The number of rotatable bonds is 5. The largest absolute Gasteiger partial charge is 0.486 e. The Labute approximate surface area is 146 Å². The molecule has 3 rings (SSSR count). The number of benzene rings is 1. The summed E-state index contributed by atoms with van der Waals surface area (Å²) in [5, 5.41) is 9.35. The maximum atomic E-state index is 12.9. The summed E-state index contributed by atoms with van der Waals surface area (Å²) in [6, 6.07) is 9.18. The van der Waals surface area contributed by atoms with Crippen molar-refractivity contribution in [3.63, 3.8) is 0 Å². The topological polar surface area (TPSA) is 62.9 Å². The monoisotopic (exact) mass is 347 g/mol. The van der Waals surface area contributed by atoms with Gasteiger partial charge in [-0.2, -0.15) is 0 Å². The van der Waals surface area contributed by atoms with Crippen LogP contribution in [-0.2, 0) is 6.61 Å². The predicted molar refractivity (Wildman–Crippen MR) is 89.7 cm³/mol. The zero-order chi connectivity index (χ0) is 17.8. The Morgan fingerprint density at radius 3 is 2.76 bits per heavy atom. The van der Waals surface area contributed by atoms with Crippen LogP contribution in [0.2, 0.25) is 0 Å². The van der Waals surface area contributed by atoms with E-state index in [-0.39, 0.29) is 42.7 Å². The molecule has 134 valence electrons. The van der Waals surface area contributed by atoms with Crippen molar-refractivity contribution < 1.29 is 23.4 Å². The van der Waals surface area contributed by atoms with Gasteiger partial charge in [0.25, 0.3) is 5.91 Å². The fourth-order valence-electron chi connectivity index (χ4n) is 3.01. The number of piperidine rings is 1. The maximum absolute atomic E-state index is 12.9. The van der Waals surface area contributed by atoms with Gasteiger partial charge >= 0.3 is 0 Å². The Morgan fingerprint density at radius 1 is 1.28 bits per heavy atom. The van der Waals surface area contributed by atoms with Crippen LogP contribution in [0.3, 0.4) is 0 Å². The van der Waals surface area contributed by atoms with Crippen molar-refractivity contribution in [2.75, 3.05) is 13.2 Å². The Morgan fingerprint density at radius 2 is 2.04 bits per heavy atom. The standard InChI is InChI=1S/C19H22FNO4/c1-13-2-3-14(11-22)10-21(13)19(23)18-9-8-17(25-18)12-24-16-6-4-15(20)5-7-16/h4-9,13-14,22H,2-3,10-12H2,1H3. The molecule has 1 aliphatic rings. The van der Waals surface area contributed by atoms with Crippen molar-refractivity contribution >= 4 is 5.91 Å². The molecule has 1 saturated heterocycles. The van der Waals surface area contributed by atoms with Crippen molar-refractivity contribution in [3.05, 3.63) is 53.7 Å². The molecule has 1 aliphatic heterocycles. The third-order valence-corrected chi connectivity index (χ3v) is 4.57. The van der Waals surface area contributed by atoms with Crippen LogP contribution in [0.1, 0.15) is 36.1 Å². The van der Waals surface area contributed by atoms with Crippen molar-refractivity contribution in [1.82, 2.24) is 4.90 Å². The van der Waals surface area contributed by atoms with Gasteiger partial charge in [0.1, 0.15) is 23.9 Å². The van der Waals surface area contributed by atoms with Gasteiger partial charge in [-0.1, -0.05) is 0 Å². The molecule has 2 unspecified atom stereocenters. The molecule has 0 bridgehead atoms. The Bertz CT molecular complexity index is 712. The Balaban J connectivity index is 1.62. The molecular formula is C19H22FNO4. The summed E-state index contributed by atoms with van der Waals surface area (Å²) >= 11 is 0. The molecule has 1 amide bonds. The van der Waals surface area contributed by atoms with Crippen molar-refractivity contribution in [3.8, 4) is 5.75 Å². The number of ether oxygens (including phenoxy) is 1. The summed E-state index contributed by atoms with van der Waals surface area (Å²) in [7, 11) is 0. The van der Waals surface area contributed by atoms with E-state index in [0.29, 0.717) is 18.1 Å². The quantitative estimate of drug-likeness (QED) is 0.902. The van der Waals surface area contributed by atoms with Crippen LogP contribution in [0.5, 0.6) is 5.75 Å². The summed E-state index contributed by atoms with van der Waals surface area (Å²) < 4.78 is 24.0. The minimum Gasteiger partial charge on any atom is -0.486 e. The summed E-state index contributed by atoms with van der Waals surface area (Å²) in [5.41, 5.74) is 0. The van der Waals surface area contributed by atoms with E-state index in [2.05, 4.69) is 0 Å². The van der Waals surface area contributed by atoms with Gasteiger partial charge in [-0.25, -0.2) is 4.39 Å². The molecule has 0 radical (unpaired) electrons. The number of furan rings is 1. The lowest BCUT2D eigenvalue weighted by Gasteiger charge is -2.36. The van der Waals surface area contributed by atoms with Crippen LogP contribution < -0.4 is 4.74 Å². The molecule has 1 N–H and O–H groups in total. The molecule has 2 atom stereocenters. The molecule has 0 aliphatic carbocycles. The Kier molecular flexibility index (Phi) is 5.38. The van der Waals surface area contributed by atoms with Crippen LogP contribution in [0.25, 0.3) is 0 Å². The molecule has 0 saturated carbocycles. The zero-order valence-electron chi connectivity index (χ0n) is 14.2. The van der Waals surface area contributed by atoms with Crippen LogP contribution in [0, 0.1) is 11.7 Å². The number of carbonyl (C=O) groups is 1. The average Bonchev–Trinajstić information content (AvgIpc) is 3.10. The highest BCUT2D eigenvalue weighted by Crippen LogP contribution is 2.24. The molecule has 2 aromatic rings. The first kappa shape index (κ1) is 17.5. The molecule has 5 nitrogen and oxygen atoms in total. The molecule has 0 spiro atoms. The molecule has 1 aromatic carbocycles. The van der Waals surface area contributed by atoms with E-state index in [1.165, 1.54) is 24.3 Å². The second-order valence-electron chi connectivity index (χ2n) is 6.44. The predicted octanol–water partition coefficient (Wildman–Crippen LogP) is 3.23. The van der Waals surface area contributed by atoms with Gasteiger partial charge in [0.2, 0.25) is 0 Å². The number of amides is 1. The van der Waals surface area contributed by atoms with E-state index in [0.717, 1.165) is 12.8 Å². The first-order valence-corrected chi connectivity index (χ1v) is 8.45. The van der Waals surface area contributed by atoms with Crippen LogP contribution >= 0.6 is 0 Å². The highest BCUT2D eigenvalue weighted by atomic mass is 19.1. The second kappa shape index (κ2) is 7.70. The zero-order valence-corrected chi connectivity index (χ0v) is 14.2. The number of hydrogen-bond acceptors (Lipinski definition) is 4. The van der Waals surface area contributed by atoms with E-state index in [1.54, 1.807) is 17.0 Å². The molecule has 2 heterocycles. The second-order valence-corrected chi connectivity index (χ2v) is 6.44. The van der Waals surface area contributed by atoms with Gasteiger partial charge in [-0.05, 0) is 62.1 Å². The summed E-state index contributed by atoms with van der Waals surface area (Å²) in [4.78, 5) is 14.4. The molecule has 1 aromatic heterocycles. The van der Waals surface area contributed by atoms with Gasteiger partial charge in [0.05, 0.1) is 0 Å². The minimum atomic E-state index is -0.324. The highest BCUT2D eigenvalue weighted by Gasteiger charge is 2.30. The number of carbonyl (C=O) groups excluding carboxylic acids is 1. The third-order valence-electron chi connectivity index (χ3n) is 4.57. The van der Waals surface area contributed by atoms with Gasteiger partial charge < -0.3 is 19.2 Å². The molecule has 1 fully saturated rings. The lowest BCUT2D eigenvalue weighted by atomic mass is 9.94. The number of nitrogens with zero attached hydrogens (tertiary/aromatic N) is 1. The first-order valence-electron chi connectivity index (χ1n) is 8.45. The summed E-state index contributed by atoms with van der Waals surface area (Å²) in [6.07, 6.45) is 1.80.